The zero-order chi connectivity index (χ0) is 17.8. The van der Waals surface area contributed by atoms with Crippen LogP contribution < -0.4 is 4.74 Å². The molecule has 0 amide bonds. The van der Waals surface area contributed by atoms with E-state index in [4.69, 9.17) is 4.74 Å². The molecular weight excluding hydrogens is 318 g/mol. The van der Waals surface area contributed by atoms with E-state index in [0.29, 0.717) is 18.1 Å². The Morgan fingerprint density at radius 2 is 1.48 bits per heavy atom. The third-order valence-corrected chi connectivity index (χ3v) is 5.40. The second-order valence-electron chi connectivity index (χ2n) is 6.86. The van der Waals surface area contributed by atoms with E-state index in [2.05, 4.69) is 31.2 Å². The largest absolute Gasteiger partial charge is 0.491 e. The zero-order valence-corrected chi connectivity index (χ0v) is 15.0. The summed E-state index contributed by atoms with van der Waals surface area (Å²) in [6.45, 7) is 4.25. The lowest BCUT2D eigenvalue weighted by molar-refractivity contribution is 0.310. The Hall–Kier alpha value is -1.90. The Bertz CT molecular complexity index is 701. The second-order valence-corrected chi connectivity index (χ2v) is 6.86. The van der Waals surface area contributed by atoms with Gasteiger partial charge in [0.15, 0.2) is 11.6 Å². The summed E-state index contributed by atoms with van der Waals surface area (Å²) in [5.41, 5.74) is 3.22. The van der Waals surface area contributed by atoms with E-state index in [-0.39, 0.29) is 11.7 Å². The van der Waals surface area contributed by atoms with Crippen molar-refractivity contribution in [2.45, 2.75) is 57.8 Å². The summed E-state index contributed by atoms with van der Waals surface area (Å²) in [5, 5.41) is 0. The fourth-order valence-electron chi connectivity index (χ4n) is 3.89. The van der Waals surface area contributed by atoms with Crippen LogP contribution in [-0.2, 0) is 6.42 Å². The second kappa shape index (κ2) is 7.99. The standard InChI is InChI=1S/C22H26F2O/c1-3-15-5-7-16(8-6-15)17-9-11-18(12-10-17)19-13-14-20(25-4-2)22(24)21(19)23/h5-8,13-14,17-18H,3-4,9-12H2,1-2H3. The van der Waals surface area contributed by atoms with Crippen molar-refractivity contribution in [2.75, 3.05) is 6.61 Å². The lowest BCUT2D eigenvalue weighted by atomic mass is 9.76. The minimum atomic E-state index is -0.850. The first kappa shape index (κ1) is 17.9. The highest BCUT2D eigenvalue weighted by atomic mass is 19.2. The Morgan fingerprint density at radius 1 is 0.840 bits per heavy atom. The summed E-state index contributed by atoms with van der Waals surface area (Å²) >= 11 is 0. The number of hydrogen-bond donors (Lipinski definition) is 0. The molecule has 1 saturated carbocycles. The van der Waals surface area contributed by atoms with Crippen molar-refractivity contribution in [2.24, 2.45) is 0 Å². The van der Waals surface area contributed by atoms with Crippen molar-refractivity contribution < 1.29 is 13.5 Å². The fourth-order valence-corrected chi connectivity index (χ4v) is 3.89. The molecule has 0 unspecified atom stereocenters. The third-order valence-electron chi connectivity index (χ3n) is 5.40. The molecule has 0 radical (unpaired) electrons. The summed E-state index contributed by atoms with van der Waals surface area (Å²) in [6, 6.07) is 12.1. The van der Waals surface area contributed by atoms with E-state index >= 15 is 0 Å². The third kappa shape index (κ3) is 3.86. The summed E-state index contributed by atoms with van der Waals surface area (Å²) in [7, 11) is 0. The number of ether oxygens (including phenoxy) is 1. The Labute approximate surface area is 149 Å². The molecule has 1 aliphatic carbocycles. The van der Waals surface area contributed by atoms with Crippen LogP contribution in [0.2, 0.25) is 0 Å². The molecule has 1 nitrogen and oxygen atoms in total. The topological polar surface area (TPSA) is 9.23 Å². The molecule has 3 rings (SSSR count). The number of rotatable bonds is 5. The molecule has 1 fully saturated rings. The molecule has 3 heteroatoms. The highest BCUT2D eigenvalue weighted by Gasteiger charge is 2.27. The van der Waals surface area contributed by atoms with E-state index in [9.17, 15) is 8.78 Å². The molecule has 0 aliphatic heterocycles. The van der Waals surface area contributed by atoms with Crippen molar-refractivity contribution in [3.8, 4) is 5.75 Å². The maximum atomic E-state index is 14.4. The molecule has 0 bridgehead atoms. The molecular formula is C22H26F2O. The summed E-state index contributed by atoms with van der Waals surface area (Å²) in [6.07, 6.45) is 4.87. The first-order valence-electron chi connectivity index (χ1n) is 9.33. The minimum absolute atomic E-state index is 0.00782. The molecule has 1 aliphatic rings. The smallest absolute Gasteiger partial charge is 0.200 e. The van der Waals surface area contributed by atoms with Gasteiger partial charge in [0.25, 0.3) is 0 Å². The quantitative estimate of drug-likeness (QED) is 0.612. The molecule has 2 aromatic rings. The van der Waals surface area contributed by atoms with Gasteiger partial charge in [-0.25, -0.2) is 4.39 Å². The van der Waals surface area contributed by atoms with Gasteiger partial charge in [-0.2, -0.15) is 4.39 Å². The van der Waals surface area contributed by atoms with E-state index in [1.165, 1.54) is 11.1 Å². The van der Waals surface area contributed by atoms with Crippen LogP contribution in [0.1, 0.15) is 68.1 Å². The van der Waals surface area contributed by atoms with E-state index in [1.807, 2.05) is 0 Å². The van der Waals surface area contributed by atoms with Gasteiger partial charge in [-0.15, -0.1) is 0 Å². The number of hydrogen-bond acceptors (Lipinski definition) is 1. The van der Waals surface area contributed by atoms with Crippen molar-refractivity contribution in [1.29, 1.82) is 0 Å². The molecule has 2 aromatic carbocycles. The monoisotopic (exact) mass is 344 g/mol. The lowest BCUT2D eigenvalue weighted by Gasteiger charge is -2.29. The summed E-state index contributed by atoms with van der Waals surface area (Å²) in [5.74, 6) is -0.958. The van der Waals surface area contributed by atoms with Crippen LogP contribution in [-0.4, -0.2) is 6.61 Å². The Morgan fingerprint density at radius 3 is 2.08 bits per heavy atom. The van der Waals surface area contributed by atoms with Crippen LogP contribution in [0.15, 0.2) is 36.4 Å². The Balaban J connectivity index is 1.68. The van der Waals surface area contributed by atoms with E-state index in [1.54, 1.807) is 19.1 Å². The van der Waals surface area contributed by atoms with Crippen molar-refractivity contribution >= 4 is 0 Å². The predicted molar refractivity (Wildman–Crippen MR) is 97.3 cm³/mol. The molecule has 0 spiro atoms. The number of halogens is 2. The number of aryl methyl sites for hydroxylation is 1. The molecule has 0 aromatic heterocycles. The van der Waals surface area contributed by atoms with Gasteiger partial charge in [-0.1, -0.05) is 37.3 Å². The van der Waals surface area contributed by atoms with Gasteiger partial charge in [-0.3, -0.25) is 0 Å². The summed E-state index contributed by atoms with van der Waals surface area (Å²) in [4.78, 5) is 0. The normalized spacial score (nSPS) is 20.5. The van der Waals surface area contributed by atoms with Gasteiger partial charge in [0.05, 0.1) is 6.61 Å². The van der Waals surface area contributed by atoms with Crippen LogP contribution in [0, 0.1) is 11.6 Å². The van der Waals surface area contributed by atoms with Crippen LogP contribution in [0.25, 0.3) is 0 Å². The molecule has 0 saturated heterocycles. The van der Waals surface area contributed by atoms with Crippen molar-refractivity contribution in [3.05, 3.63) is 64.7 Å². The van der Waals surface area contributed by atoms with E-state index < -0.39 is 11.6 Å². The Kier molecular flexibility index (Phi) is 5.72. The van der Waals surface area contributed by atoms with E-state index in [0.717, 1.165) is 32.1 Å². The highest BCUT2D eigenvalue weighted by Crippen LogP contribution is 2.42. The van der Waals surface area contributed by atoms with Crippen LogP contribution in [0.4, 0.5) is 8.78 Å². The molecule has 0 atom stereocenters. The number of benzene rings is 2. The fraction of sp³-hybridized carbons (Fsp3) is 0.455. The van der Waals surface area contributed by atoms with Crippen LogP contribution >= 0.6 is 0 Å². The maximum absolute atomic E-state index is 14.4. The zero-order valence-electron chi connectivity index (χ0n) is 15.0. The first-order chi connectivity index (χ1) is 12.1. The molecule has 134 valence electrons. The van der Waals surface area contributed by atoms with Gasteiger partial charge in [-0.05, 0) is 73.6 Å². The van der Waals surface area contributed by atoms with Gasteiger partial charge in [0.2, 0.25) is 5.82 Å². The molecule has 0 N–H and O–H groups in total. The minimum Gasteiger partial charge on any atom is -0.491 e. The van der Waals surface area contributed by atoms with Gasteiger partial charge < -0.3 is 4.74 Å². The SMILES string of the molecule is CCOc1ccc(C2CCC(c3ccc(CC)cc3)CC2)c(F)c1F. The average molecular weight is 344 g/mol. The van der Waals surface area contributed by atoms with Crippen LogP contribution in [0.3, 0.4) is 0 Å². The predicted octanol–water partition coefficient (Wildman–Crippen LogP) is 6.37. The summed E-state index contributed by atoms with van der Waals surface area (Å²) < 4.78 is 33.7. The molecule has 25 heavy (non-hydrogen) atoms. The van der Waals surface area contributed by atoms with Gasteiger partial charge in [0.1, 0.15) is 0 Å². The van der Waals surface area contributed by atoms with Gasteiger partial charge >= 0.3 is 0 Å². The first-order valence-corrected chi connectivity index (χ1v) is 9.33. The maximum Gasteiger partial charge on any atom is 0.200 e. The van der Waals surface area contributed by atoms with Crippen molar-refractivity contribution in [3.63, 3.8) is 0 Å². The van der Waals surface area contributed by atoms with Gasteiger partial charge in [0, 0.05) is 0 Å². The van der Waals surface area contributed by atoms with Crippen LogP contribution in [0.5, 0.6) is 5.75 Å². The highest BCUT2D eigenvalue weighted by molar-refractivity contribution is 5.34. The molecule has 0 heterocycles. The average Bonchev–Trinajstić information content (AvgIpc) is 2.66. The van der Waals surface area contributed by atoms with Crippen molar-refractivity contribution in [1.82, 2.24) is 0 Å². The lowest BCUT2D eigenvalue weighted by Crippen LogP contribution is -2.14.